The van der Waals surface area contributed by atoms with Gasteiger partial charge in [-0.25, -0.2) is 4.98 Å². The van der Waals surface area contributed by atoms with Crippen LogP contribution in [0.4, 0.5) is 5.82 Å². The molecule has 0 saturated heterocycles. The Bertz CT molecular complexity index is 336. The third-order valence-corrected chi connectivity index (χ3v) is 2.04. The fourth-order valence-corrected chi connectivity index (χ4v) is 1.33. The number of hydrogen-bond donors (Lipinski definition) is 1. The highest BCUT2D eigenvalue weighted by atomic mass is 35.5. The van der Waals surface area contributed by atoms with E-state index >= 15 is 0 Å². The van der Waals surface area contributed by atoms with E-state index in [1.165, 1.54) is 6.33 Å². The van der Waals surface area contributed by atoms with Crippen LogP contribution in [0.15, 0.2) is 11.1 Å². The summed E-state index contributed by atoms with van der Waals surface area (Å²) < 4.78 is 0. The Morgan fingerprint density at radius 2 is 2.38 bits per heavy atom. The summed E-state index contributed by atoms with van der Waals surface area (Å²) in [6.07, 6.45) is 2.34. The SMILES string of the molecule is CCCN(C)c1nc[nH]c(=O)c1Cl. The molecule has 0 bridgehead atoms. The van der Waals surface area contributed by atoms with E-state index in [1.807, 2.05) is 11.9 Å². The van der Waals surface area contributed by atoms with Crippen molar-refractivity contribution in [3.8, 4) is 0 Å². The minimum atomic E-state index is -0.297. The lowest BCUT2D eigenvalue weighted by molar-refractivity contribution is 0.832. The Labute approximate surface area is 81.6 Å². The van der Waals surface area contributed by atoms with Crippen LogP contribution in [-0.2, 0) is 0 Å². The van der Waals surface area contributed by atoms with Gasteiger partial charge in [0.2, 0.25) is 0 Å². The second-order valence-corrected chi connectivity index (χ2v) is 3.17. The van der Waals surface area contributed by atoms with Gasteiger partial charge in [-0.2, -0.15) is 0 Å². The number of aromatic nitrogens is 2. The molecule has 1 heterocycles. The van der Waals surface area contributed by atoms with Gasteiger partial charge in [0.15, 0.2) is 5.82 Å². The third kappa shape index (κ3) is 2.21. The first-order chi connectivity index (χ1) is 6.16. The van der Waals surface area contributed by atoms with Crippen molar-refractivity contribution >= 4 is 17.4 Å². The van der Waals surface area contributed by atoms with E-state index < -0.39 is 0 Å². The number of anilines is 1. The highest BCUT2D eigenvalue weighted by molar-refractivity contribution is 6.32. The van der Waals surface area contributed by atoms with Crippen LogP contribution in [0.1, 0.15) is 13.3 Å². The van der Waals surface area contributed by atoms with Crippen molar-refractivity contribution in [3.63, 3.8) is 0 Å². The monoisotopic (exact) mass is 201 g/mol. The first kappa shape index (κ1) is 10.1. The molecule has 4 nitrogen and oxygen atoms in total. The lowest BCUT2D eigenvalue weighted by Gasteiger charge is -2.17. The smallest absolute Gasteiger partial charge is 0.271 e. The Kier molecular flexibility index (Phi) is 3.31. The number of H-pyrrole nitrogens is 1. The zero-order valence-electron chi connectivity index (χ0n) is 7.67. The van der Waals surface area contributed by atoms with Gasteiger partial charge in [0.25, 0.3) is 5.56 Å². The van der Waals surface area contributed by atoms with Crippen LogP contribution in [0.25, 0.3) is 0 Å². The topological polar surface area (TPSA) is 49.0 Å². The van der Waals surface area contributed by atoms with Crippen LogP contribution >= 0.6 is 11.6 Å². The summed E-state index contributed by atoms with van der Waals surface area (Å²) in [7, 11) is 1.86. The first-order valence-electron chi connectivity index (χ1n) is 4.11. The molecule has 0 aliphatic rings. The van der Waals surface area contributed by atoms with Crippen molar-refractivity contribution in [1.82, 2.24) is 9.97 Å². The van der Waals surface area contributed by atoms with E-state index in [0.29, 0.717) is 5.82 Å². The van der Waals surface area contributed by atoms with Gasteiger partial charge in [-0.1, -0.05) is 18.5 Å². The highest BCUT2D eigenvalue weighted by Gasteiger charge is 2.08. The summed E-state index contributed by atoms with van der Waals surface area (Å²) in [4.78, 5) is 19.4. The summed E-state index contributed by atoms with van der Waals surface area (Å²) in [6.45, 7) is 2.88. The second kappa shape index (κ2) is 4.28. The van der Waals surface area contributed by atoms with E-state index in [2.05, 4.69) is 16.9 Å². The Balaban J connectivity index is 3.00. The maximum absolute atomic E-state index is 11.1. The fourth-order valence-electron chi connectivity index (χ4n) is 1.08. The van der Waals surface area contributed by atoms with Crippen LogP contribution in [0.2, 0.25) is 5.02 Å². The van der Waals surface area contributed by atoms with Crippen LogP contribution < -0.4 is 10.5 Å². The van der Waals surface area contributed by atoms with Crippen LogP contribution in [0.3, 0.4) is 0 Å². The predicted octanol–water partition coefficient (Wildman–Crippen LogP) is 1.27. The van der Waals surface area contributed by atoms with Gasteiger partial charge < -0.3 is 9.88 Å². The van der Waals surface area contributed by atoms with E-state index in [4.69, 9.17) is 11.6 Å². The maximum atomic E-state index is 11.1. The number of aromatic amines is 1. The average Bonchev–Trinajstić information content (AvgIpc) is 2.10. The van der Waals surface area contributed by atoms with Crippen LogP contribution in [0, 0.1) is 0 Å². The van der Waals surface area contributed by atoms with Crippen molar-refractivity contribution in [2.45, 2.75) is 13.3 Å². The quantitative estimate of drug-likeness (QED) is 0.802. The molecule has 0 aliphatic carbocycles. The number of rotatable bonds is 3. The van der Waals surface area contributed by atoms with Crippen molar-refractivity contribution < 1.29 is 0 Å². The number of nitrogens with one attached hydrogen (secondary N) is 1. The summed E-state index contributed by atoms with van der Waals surface area (Å²) in [5.74, 6) is 0.535. The Hall–Kier alpha value is -1.03. The van der Waals surface area contributed by atoms with E-state index in [1.54, 1.807) is 0 Å². The molecule has 0 amide bonds. The average molecular weight is 202 g/mol. The maximum Gasteiger partial charge on any atom is 0.271 e. The van der Waals surface area contributed by atoms with Crippen molar-refractivity contribution in [1.29, 1.82) is 0 Å². The molecule has 5 heteroatoms. The predicted molar refractivity (Wildman–Crippen MR) is 53.4 cm³/mol. The zero-order chi connectivity index (χ0) is 9.84. The molecule has 0 radical (unpaired) electrons. The molecule has 0 fully saturated rings. The van der Waals surface area contributed by atoms with Gasteiger partial charge in [-0.15, -0.1) is 0 Å². The minimum absolute atomic E-state index is 0.151. The van der Waals surface area contributed by atoms with Gasteiger partial charge in [-0.05, 0) is 6.42 Å². The van der Waals surface area contributed by atoms with Gasteiger partial charge in [0, 0.05) is 13.6 Å². The lowest BCUT2D eigenvalue weighted by Crippen LogP contribution is -2.22. The molecule has 1 aromatic rings. The lowest BCUT2D eigenvalue weighted by atomic mass is 10.4. The Morgan fingerprint density at radius 3 is 3.00 bits per heavy atom. The summed E-state index contributed by atoms with van der Waals surface area (Å²) in [5, 5.41) is 0.151. The molecular weight excluding hydrogens is 190 g/mol. The summed E-state index contributed by atoms with van der Waals surface area (Å²) in [6, 6.07) is 0. The van der Waals surface area contributed by atoms with Gasteiger partial charge >= 0.3 is 0 Å². The Morgan fingerprint density at radius 1 is 1.69 bits per heavy atom. The molecule has 0 spiro atoms. The molecule has 0 atom stereocenters. The van der Waals surface area contributed by atoms with Crippen molar-refractivity contribution in [2.24, 2.45) is 0 Å². The van der Waals surface area contributed by atoms with Crippen LogP contribution in [0.5, 0.6) is 0 Å². The van der Waals surface area contributed by atoms with Crippen molar-refractivity contribution in [2.75, 3.05) is 18.5 Å². The zero-order valence-corrected chi connectivity index (χ0v) is 8.43. The largest absolute Gasteiger partial charge is 0.358 e. The van der Waals surface area contributed by atoms with Crippen LogP contribution in [-0.4, -0.2) is 23.6 Å². The van der Waals surface area contributed by atoms with E-state index in [9.17, 15) is 4.79 Å². The first-order valence-corrected chi connectivity index (χ1v) is 4.49. The fraction of sp³-hybridized carbons (Fsp3) is 0.500. The molecule has 1 N–H and O–H groups in total. The standard InChI is InChI=1S/C8H12ClN3O/c1-3-4-12(2)7-6(9)8(13)11-5-10-7/h5H,3-4H2,1-2H3,(H,10,11,13). The van der Waals surface area contributed by atoms with E-state index in [-0.39, 0.29) is 10.6 Å². The van der Waals surface area contributed by atoms with Crippen molar-refractivity contribution in [3.05, 3.63) is 21.7 Å². The molecule has 0 unspecified atom stereocenters. The van der Waals surface area contributed by atoms with Gasteiger partial charge in [0.05, 0.1) is 6.33 Å². The number of nitrogens with zero attached hydrogens (tertiary/aromatic N) is 2. The summed E-state index contributed by atoms with van der Waals surface area (Å²) >= 11 is 5.78. The van der Waals surface area contributed by atoms with E-state index in [0.717, 1.165) is 13.0 Å². The molecule has 0 aromatic carbocycles. The molecule has 0 saturated carbocycles. The number of hydrogen-bond acceptors (Lipinski definition) is 3. The third-order valence-electron chi connectivity index (χ3n) is 1.70. The molecule has 13 heavy (non-hydrogen) atoms. The molecule has 0 aliphatic heterocycles. The minimum Gasteiger partial charge on any atom is -0.358 e. The normalized spacial score (nSPS) is 10.1. The second-order valence-electron chi connectivity index (χ2n) is 2.79. The molecule has 72 valence electrons. The molecular formula is C8H12ClN3O. The molecule has 1 rings (SSSR count). The van der Waals surface area contributed by atoms with Gasteiger partial charge in [0.1, 0.15) is 5.02 Å². The summed E-state index contributed by atoms with van der Waals surface area (Å²) in [5.41, 5.74) is -0.297. The number of halogens is 1. The van der Waals surface area contributed by atoms with Gasteiger partial charge in [-0.3, -0.25) is 4.79 Å². The molecule has 1 aromatic heterocycles. The highest BCUT2D eigenvalue weighted by Crippen LogP contribution is 2.16.